The fourth-order valence-corrected chi connectivity index (χ4v) is 7.27. The summed E-state index contributed by atoms with van der Waals surface area (Å²) >= 11 is 0. The number of amides is 1. The quantitative estimate of drug-likeness (QED) is 0.291. The van der Waals surface area contributed by atoms with E-state index in [2.05, 4.69) is 10.3 Å². The summed E-state index contributed by atoms with van der Waals surface area (Å²) in [7, 11) is -2.73. The number of morpholine rings is 1. The molecule has 3 fully saturated rings. The fraction of sp³-hybridized carbons (Fsp3) is 0.500. The Morgan fingerprint density at radius 2 is 2.00 bits per heavy atom. The van der Waals surface area contributed by atoms with E-state index in [1.165, 1.54) is 6.07 Å². The molecule has 240 valence electrons. The maximum absolute atomic E-state index is 13.8. The van der Waals surface area contributed by atoms with Gasteiger partial charge in [0, 0.05) is 43.2 Å². The summed E-state index contributed by atoms with van der Waals surface area (Å²) in [5.41, 5.74) is 3.48. The van der Waals surface area contributed by atoms with Gasteiger partial charge in [-0.2, -0.15) is 13.1 Å². The first kappa shape index (κ1) is 29.9. The molecule has 1 saturated carbocycles. The number of alkyl halides is 2. The number of rotatable bonds is 8. The third kappa shape index (κ3) is 5.40. The van der Waals surface area contributed by atoms with Gasteiger partial charge in [0.2, 0.25) is 10.0 Å². The van der Waals surface area contributed by atoms with Crippen molar-refractivity contribution in [2.75, 3.05) is 43.9 Å². The van der Waals surface area contributed by atoms with Gasteiger partial charge in [-0.15, -0.1) is 0 Å². The minimum absolute atomic E-state index is 0.0278. The third-order valence-electron chi connectivity index (χ3n) is 8.92. The van der Waals surface area contributed by atoms with Crippen molar-refractivity contribution in [2.24, 2.45) is 5.92 Å². The van der Waals surface area contributed by atoms with Gasteiger partial charge in [0.1, 0.15) is 22.8 Å². The highest BCUT2D eigenvalue weighted by Crippen LogP contribution is 2.38. The molecule has 2 saturated heterocycles. The van der Waals surface area contributed by atoms with Crippen LogP contribution in [0.5, 0.6) is 5.88 Å². The summed E-state index contributed by atoms with van der Waals surface area (Å²) in [6.07, 6.45) is 3.64. The number of fused-ring (bicyclic) bond motifs is 3. The number of sulfonamides is 1. The average molecular weight is 644 g/mol. The van der Waals surface area contributed by atoms with Gasteiger partial charge in [-0.25, -0.2) is 18.4 Å². The van der Waals surface area contributed by atoms with Crippen molar-refractivity contribution in [3.05, 3.63) is 41.6 Å². The Bertz CT molecular complexity index is 1910. The molecule has 45 heavy (non-hydrogen) atoms. The van der Waals surface area contributed by atoms with Gasteiger partial charge in [-0.05, 0) is 56.4 Å². The number of piperidine rings is 1. The van der Waals surface area contributed by atoms with E-state index in [1.54, 1.807) is 25.3 Å². The SMILES string of the molecule is COc1cc(C(=O)N2CC[C@H]3OCCN[C@H]3C2)cc2nc(-c3cc4ccc(N(C(F)F)S(C)(=O)=O)nc4n3CC3CC3)c(C)n12. The molecule has 0 unspecified atom stereocenters. The molecule has 6 heterocycles. The first-order chi connectivity index (χ1) is 21.5. The van der Waals surface area contributed by atoms with Gasteiger partial charge >= 0.3 is 6.55 Å². The lowest BCUT2D eigenvalue weighted by Crippen LogP contribution is -2.59. The van der Waals surface area contributed by atoms with E-state index in [1.807, 2.05) is 26.9 Å². The Morgan fingerprint density at radius 3 is 2.71 bits per heavy atom. The molecule has 15 heteroatoms. The Balaban J connectivity index is 1.30. The van der Waals surface area contributed by atoms with Crippen molar-refractivity contribution >= 4 is 38.4 Å². The number of hydrogen-bond donors (Lipinski definition) is 1. The Hall–Kier alpha value is -3.82. The summed E-state index contributed by atoms with van der Waals surface area (Å²) in [5, 5.41) is 4.12. The van der Waals surface area contributed by atoms with Gasteiger partial charge in [0.05, 0.1) is 43.5 Å². The lowest BCUT2D eigenvalue weighted by Gasteiger charge is -2.41. The molecule has 2 aliphatic heterocycles. The Kier molecular flexibility index (Phi) is 7.44. The number of pyridine rings is 2. The fourth-order valence-electron chi connectivity index (χ4n) is 6.53. The lowest BCUT2D eigenvalue weighted by atomic mass is 10.00. The molecule has 1 amide bonds. The molecular weight excluding hydrogens is 608 g/mol. The summed E-state index contributed by atoms with van der Waals surface area (Å²) < 4.78 is 67.5. The summed E-state index contributed by atoms with van der Waals surface area (Å²) in [6.45, 7) is 1.78. The molecule has 1 N–H and O–H groups in total. The molecule has 0 aromatic carbocycles. The Labute approximate surface area is 259 Å². The zero-order chi connectivity index (χ0) is 31.6. The van der Waals surface area contributed by atoms with E-state index in [0.29, 0.717) is 71.7 Å². The van der Waals surface area contributed by atoms with Crippen LogP contribution in [-0.2, 0) is 21.3 Å². The predicted octanol–water partition coefficient (Wildman–Crippen LogP) is 3.27. The van der Waals surface area contributed by atoms with Crippen LogP contribution >= 0.6 is 0 Å². The number of carbonyl (C=O) groups excluding carboxylic acids is 1. The molecule has 7 rings (SSSR count). The largest absolute Gasteiger partial charge is 0.482 e. The number of likely N-dealkylation sites (tertiary alicyclic amines) is 1. The monoisotopic (exact) mass is 643 g/mol. The number of carbonyl (C=O) groups is 1. The number of nitrogens with one attached hydrogen (secondary N) is 1. The van der Waals surface area contributed by atoms with Gasteiger partial charge in [-0.1, -0.05) is 0 Å². The van der Waals surface area contributed by atoms with Crippen LogP contribution < -0.4 is 14.4 Å². The molecule has 0 spiro atoms. The van der Waals surface area contributed by atoms with E-state index in [9.17, 15) is 22.0 Å². The van der Waals surface area contributed by atoms with Gasteiger partial charge in [0.25, 0.3) is 5.91 Å². The first-order valence-electron chi connectivity index (χ1n) is 15.0. The molecule has 4 aromatic heterocycles. The number of ether oxygens (including phenoxy) is 2. The molecule has 1 aliphatic carbocycles. The lowest BCUT2D eigenvalue weighted by molar-refractivity contribution is -0.0383. The van der Waals surface area contributed by atoms with Gasteiger partial charge in [0.15, 0.2) is 5.88 Å². The van der Waals surface area contributed by atoms with Crippen molar-refractivity contribution < 1.29 is 31.5 Å². The second kappa shape index (κ2) is 11.2. The average Bonchev–Trinajstić information content (AvgIpc) is 3.68. The van der Waals surface area contributed by atoms with Crippen molar-refractivity contribution in [1.29, 1.82) is 0 Å². The van der Waals surface area contributed by atoms with Crippen LogP contribution in [0.15, 0.2) is 30.3 Å². The molecule has 3 aliphatic rings. The normalized spacial score (nSPS) is 20.6. The van der Waals surface area contributed by atoms with Crippen LogP contribution in [0.1, 0.15) is 35.3 Å². The van der Waals surface area contributed by atoms with Crippen LogP contribution in [0.25, 0.3) is 28.1 Å². The second-order valence-electron chi connectivity index (χ2n) is 12.0. The number of aryl methyl sites for hydroxylation is 1. The molecule has 0 radical (unpaired) electrons. The molecule has 2 atom stereocenters. The number of nitrogens with zero attached hydrogens (tertiary/aromatic N) is 6. The molecule has 12 nitrogen and oxygen atoms in total. The summed E-state index contributed by atoms with van der Waals surface area (Å²) in [4.78, 5) is 24.9. The zero-order valence-electron chi connectivity index (χ0n) is 25.2. The molecular formula is C30H35F2N7O5S. The second-order valence-corrected chi connectivity index (χ2v) is 13.9. The highest BCUT2D eigenvalue weighted by molar-refractivity contribution is 7.92. The predicted molar refractivity (Wildman–Crippen MR) is 163 cm³/mol. The highest BCUT2D eigenvalue weighted by atomic mass is 32.2. The number of anilines is 1. The number of methoxy groups -OCH3 is 1. The van der Waals surface area contributed by atoms with Crippen LogP contribution in [0.4, 0.5) is 14.6 Å². The molecule has 4 aromatic rings. The number of aromatic nitrogens is 4. The maximum Gasteiger partial charge on any atom is 0.329 e. The number of halogens is 2. The van der Waals surface area contributed by atoms with Crippen molar-refractivity contribution in [1.82, 2.24) is 29.2 Å². The smallest absolute Gasteiger partial charge is 0.329 e. The van der Waals surface area contributed by atoms with E-state index < -0.39 is 16.6 Å². The third-order valence-corrected chi connectivity index (χ3v) is 9.98. The maximum atomic E-state index is 13.8. The van der Waals surface area contributed by atoms with Gasteiger partial charge < -0.3 is 24.3 Å². The zero-order valence-corrected chi connectivity index (χ0v) is 26.1. The van der Waals surface area contributed by atoms with Crippen molar-refractivity contribution in [2.45, 2.75) is 51.4 Å². The summed E-state index contributed by atoms with van der Waals surface area (Å²) in [6, 6.07) is 8.35. The number of imidazole rings is 1. The number of hydrogen-bond acceptors (Lipinski definition) is 8. The van der Waals surface area contributed by atoms with Crippen LogP contribution in [0.2, 0.25) is 0 Å². The van der Waals surface area contributed by atoms with Crippen molar-refractivity contribution in [3.63, 3.8) is 0 Å². The van der Waals surface area contributed by atoms with Crippen molar-refractivity contribution in [3.8, 4) is 17.3 Å². The van der Waals surface area contributed by atoms with E-state index in [-0.39, 0.29) is 28.2 Å². The van der Waals surface area contributed by atoms with E-state index in [0.717, 1.165) is 37.8 Å². The molecule has 0 bridgehead atoms. The van der Waals surface area contributed by atoms with E-state index >= 15 is 0 Å². The summed E-state index contributed by atoms with van der Waals surface area (Å²) in [5.74, 6) is 0.373. The van der Waals surface area contributed by atoms with Crippen LogP contribution in [0, 0.1) is 12.8 Å². The first-order valence-corrected chi connectivity index (χ1v) is 16.9. The minimum atomic E-state index is -4.27. The standard InChI is InChI=1S/C30H35F2N7O5S/c1-17-27(22-12-19-6-7-24(39(30(31)32)45(3,41)42)35-28(19)37(22)15-18-4-5-18)34-25-13-20(14-26(43-2)38(17)25)29(40)36-10-8-23-21(16-36)33-9-11-44-23/h6-7,12-14,18,21,23,30,33H,4-5,8-11,15-16H2,1-3H3/t21-,23+/m0/s1. The van der Waals surface area contributed by atoms with Gasteiger partial charge in [-0.3, -0.25) is 9.20 Å². The van der Waals surface area contributed by atoms with Crippen LogP contribution in [-0.4, -0.2) is 96.5 Å². The minimum Gasteiger partial charge on any atom is -0.482 e. The van der Waals surface area contributed by atoms with E-state index in [4.69, 9.17) is 14.5 Å². The Morgan fingerprint density at radius 1 is 1.20 bits per heavy atom. The topological polar surface area (TPSA) is 123 Å². The van der Waals surface area contributed by atoms with Crippen LogP contribution in [0.3, 0.4) is 0 Å². The highest BCUT2D eigenvalue weighted by Gasteiger charge is 2.35.